The minimum absolute atomic E-state index is 0.130. The molecule has 28 heavy (non-hydrogen) atoms. The summed E-state index contributed by atoms with van der Waals surface area (Å²) >= 11 is 11.9. The number of halogens is 2. The maximum absolute atomic E-state index is 12.9. The molecule has 7 heteroatoms. The SMILES string of the molecule is O=C(Nc1cccc(Cl)c1)c1nn(-c2ccc(Cl)cc2)c(=O)c2ccccc12. The second kappa shape index (κ2) is 7.46. The van der Waals surface area contributed by atoms with Crippen molar-refractivity contribution < 1.29 is 4.79 Å². The molecule has 0 aliphatic carbocycles. The van der Waals surface area contributed by atoms with Gasteiger partial charge in [-0.1, -0.05) is 47.5 Å². The molecule has 4 aromatic rings. The topological polar surface area (TPSA) is 64.0 Å². The number of hydrogen-bond acceptors (Lipinski definition) is 3. The van der Waals surface area contributed by atoms with E-state index in [1.807, 2.05) is 0 Å². The predicted octanol–water partition coefficient (Wildman–Crippen LogP) is 4.94. The Hall–Kier alpha value is -3.15. The van der Waals surface area contributed by atoms with Crippen LogP contribution in [0.5, 0.6) is 0 Å². The highest BCUT2D eigenvalue weighted by atomic mass is 35.5. The molecule has 4 rings (SSSR count). The van der Waals surface area contributed by atoms with Crippen LogP contribution in [0.4, 0.5) is 5.69 Å². The van der Waals surface area contributed by atoms with Crippen molar-refractivity contribution in [2.75, 3.05) is 5.32 Å². The Morgan fingerprint density at radius 3 is 2.29 bits per heavy atom. The first-order valence-corrected chi connectivity index (χ1v) is 9.13. The molecule has 0 aliphatic rings. The molecule has 5 nitrogen and oxygen atoms in total. The van der Waals surface area contributed by atoms with Gasteiger partial charge in [-0.25, -0.2) is 0 Å². The Balaban J connectivity index is 1.87. The van der Waals surface area contributed by atoms with Crippen LogP contribution in [0.15, 0.2) is 77.6 Å². The monoisotopic (exact) mass is 409 g/mol. The second-order valence-corrected chi connectivity index (χ2v) is 6.92. The van der Waals surface area contributed by atoms with Gasteiger partial charge in [0.15, 0.2) is 5.69 Å². The molecule has 1 aromatic heterocycles. The Labute approximate surface area is 170 Å². The number of fused-ring (bicyclic) bond motifs is 1. The van der Waals surface area contributed by atoms with Crippen molar-refractivity contribution in [1.29, 1.82) is 0 Å². The molecule has 0 radical (unpaired) electrons. The fourth-order valence-corrected chi connectivity index (χ4v) is 3.19. The lowest BCUT2D eigenvalue weighted by molar-refractivity contribution is 0.102. The van der Waals surface area contributed by atoms with Crippen LogP contribution in [-0.2, 0) is 0 Å². The smallest absolute Gasteiger partial charge is 0.279 e. The van der Waals surface area contributed by atoms with E-state index in [2.05, 4.69) is 10.4 Å². The normalized spacial score (nSPS) is 10.8. The minimum atomic E-state index is -0.443. The van der Waals surface area contributed by atoms with E-state index in [0.717, 1.165) is 0 Å². The van der Waals surface area contributed by atoms with Crippen molar-refractivity contribution in [3.8, 4) is 5.69 Å². The van der Waals surface area contributed by atoms with E-state index in [1.165, 1.54) is 4.68 Å². The van der Waals surface area contributed by atoms with Crippen molar-refractivity contribution in [2.45, 2.75) is 0 Å². The zero-order valence-electron chi connectivity index (χ0n) is 14.4. The highest BCUT2D eigenvalue weighted by Gasteiger charge is 2.17. The Kier molecular flexibility index (Phi) is 4.86. The van der Waals surface area contributed by atoms with Crippen LogP contribution in [0.1, 0.15) is 10.5 Å². The minimum Gasteiger partial charge on any atom is -0.321 e. The van der Waals surface area contributed by atoms with Crippen molar-refractivity contribution in [1.82, 2.24) is 9.78 Å². The van der Waals surface area contributed by atoms with E-state index in [-0.39, 0.29) is 11.3 Å². The summed E-state index contributed by atoms with van der Waals surface area (Å²) in [4.78, 5) is 25.8. The molecule has 1 heterocycles. The third-order valence-electron chi connectivity index (χ3n) is 4.17. The van der Waals surface area contributed by atoms with Crippen molar-refractivity contribution >= 4 is 45.6 Å². The molecule has 138 valence electrons. The molecule has 3 aromatic carbocycles. The number of rotatable bonds is 3. The largest absolute Gasteiger partial charge is 0.321 e. The van der Waals surface area contributed by atoms with Crippen molar-refractivity contribution in [3.63, 3.8) is 0 Å². The van der Waals surface area contributed by atoms with Crippen LogP contribution in [0.2, 0.25) is 10.0 Å². The summed E-state index contributed by atoms with van der Waals surface area (Å²) in [5.41, 5.74) is 0.854. The van der Waals surface area contributed by atoms with E-state index in [4.69, 9.17) is 23.2 Å². The third-order valence-corrected chi connectivity index (χ3v) is 4.66. The molecule has 0 fully saturated rings. The summed E-state index contributed by atoms with van der Waals surface area (Å²) in [6.45, 7) is 0. The molecule has 0 spiro atoms. The van der Waals surface area contributed by atoms with Crippen LogP contribution in [-0.4, -0.2) is 15.7 Å². The van der Waals surface area contributed by atoms with E-state index in [0.29, 0.717) is 32.2 Å². The number of aromatic nitrogens is 2. The first kappa shape index (κ1) is 18.2. The van der Waals surface area contributed by atoms with Gasteiger partial charge in [-0.05, 0) is 48.5 Å². The Morgan fingerprint density at radius 2 is 1.57 bits per heavy atom. The first-order valence-electron chi connectivity index (χ1n) is 8.38. The van der Waals surface area contributed by atoms with Gasteiger partial charge in [0.2, 0.25) is 0 Å². The zero-order chi connectivity index (χ0) is 19.7. The average molecular weight is 410 g/mol. The Morgan fingerprint density at radius 1 is 0.857 bits per heavy atom. The molecule has 1 N–H and O–H groups in total. The van der Waals surface area contributed by atoms with Gasteiger partial charge in [0, 0.05) is 21.1 Å². The number of nitrogens with zero attached hydrogens (tertiary/aromatic N) is 2. The lowest BCUT2D eigenvalue weighted by atomic mass is 10.1. The van der Waals surface area contributed by atoms with Gasteiger partial charge in [-0.15, -0.1) is 0 Å². The quantitative estimate of drug-likeness (QED) is 0.520. The van der Waals surface area contributed by atoms with Crippen LogP contribution < -0.4 is 10.9 Å². The number of nitrogens with one attached hydrogen (secondary N) is 1. The number of carbonyl (C=O) groups excluding carboxylic acids is 1. The maximum atomic E-state index is 12.9. The van der Waals surface area contributed by atoms with E-state index in [1.54, 1.807) is 72.8 Å². The Bertz CT molecular complexity index is 1250. The van der Waals surface area contributed by atoms with Gasteiger partial charge in [-0.3, -0.25) is 9.59 Å². The van der Waals surface area contributed by atoms with Gasteiger partial charge >= 0.3 is 0 Å². The van der Waals surface area contributed by atoms with Crippen molar-refractivity contribution in [2.24, 2.45) is 0 Å². The number of anilines is 1. The molecule has 1 amide bonds. The summed E-state index contributed by atoms with van der Waals surface area (Å²) in [6.07, 6.45) is 0. The van der Waals surface area contributed by atoms with Gasteiger partial charge < -0.3 is 5.32 Å². The van der Waals surface area contributed by atoms with Gasteiger partial charge in [0.25, 0.3) is 11.5 Å². The molecule has 0 bridgehead atoms. The average Bonchev–Trinajstić information content (AvgIpc) is 2.69. The molecule has 0 saturated carbocycles. The van der Waals surface area contributed by atoms with Gasteiger partial charge in [0.1, 0.15) is 0 Å². The summed E-state index contributed by atoms with van der Waals surface area (Å²) in [5.74, 6) is -0.443. The summed E-state index contributed by atoms with van der Waals surface area (Å²) in [5, 5.41) is 9.01. The van der Waals surface area contributed by atoms with E-state index < -0.39 is 5.91 Å². The molecule has 0 atom stereocenters. The molecule has 0 saturated heterocycles. The van der Waals surface area contributed by atoms with Crippen LogP contribution >= 0.6 is 23.2 Å². The fourth-order valence-electron chi connectivity index (χ4n) is 2.87. The van der Waals surface area contributed by atoms with Gasteiger partial charge in [-0.2, -0.15) is 9.78 Å². The molecule has 0 unspecified atom stereocenters. The first-order chi connectivity index (χ1) is 13.5. The van der Waals surface area contributed by atoms with Gasteiger partial charge in [0.05, 0.1) is 11.1 Å². The summed E-state index contributed by atoms with van der Waals surface area (Å²) in [7, 11) is 0. The van der Waals surface area contributed by atoms with Crippen LogP contribution in [0.25, 0.3) is 16.5 Å². The lowest BCUT2D eigenvalue weighted by Gasteiger charge is -2.11. The molecular weight excluding hydrogens is 397 g/mol. The standard InChI is InChI=1S/C21H13Cl2N3O2/c22-13-8-10-16(11-9-13)26-21(28)18-7-2-1-6-17(18)19(25-26)20(27)24-15-5-3-4-14(23)12-15/h1-12H,(H,24,27). The van der Waals surface area contributed by atoms with E-state index in [9.17, 15) is 9.59 Å². The number of carbonyl (C=O) groups is 1. The maximum Gasteiger partial charge on any atom is 0.279 e. The second-order valence-electron chi connectivity index (χ2n) is 6.05. The summed E-state index contributed by atoms with van der Waals surface area (Å²) < 4.78 is 1.20. The predicted molar refractivity (Wildman–Crippen MR) is 112 cm³/mol. The van der Waals surface area contributed by atoms with Crippen LogP contribution in [0, 0.1) is 0 Å². The van der Waals surface area contributed by atoms with Crippen LogP contribution in [0.3, 0.4) is 0 Å². The number of hydrogen-bond donors (Lipinski definition) is 1. The lowest BCUT2D eigenvalue weighted by Crippen LogP contribution is -2.26. The fraction of sp³-hybridized carbons (Fsp3) is 0. The summed E-state index contributed by atoms with van der Waals surface area (Å²) in [6, 6.07) is 20.3. The number of benzene rings is 3. The number of amides is 1. The zero-order valence-corrected chi connectivity index (χ0v) is 15.9. The molecular formula is C21H13Cl2N3O2. The van der Waals surface area contributed by atoms with E-state index >= 15 is 0 Å². The third kappa shape index (κ3) is 3.50. The van der Waals surface area contributed by atoms with Crippen molar-refractivity contribution in [3.05, 3.63) is 98.9 Å². The molecule has 0 aliphatic heterocycles. The highest BCUT2D eigenvalue weighted by Crippen LogP contribution is 2.19. The highest BCUT2D eigenvalue weighted by molar-refractivity contribution is 6.31.